The molecule has 8 heteroatoms. The SMILES string of the molecule is COc1ccc(CCNC(=O)[C@H]2CN(C(=O)c3n[nH]c4ccc(C)cc34)CCN2C)cc1C. The van der Waals surface area contributed by atoms with Crippen LogP contribution in [0.5, 0.6) is 5.75 Å². The second-order valence-electron chi connectivity index (χ2n) is 8.71. The quantitative estimate of drug-likeness (QED) is 0.603. The van der Waals surface area contributed by atoms with Crippen LogP contribution in [0.2, 0.25) is 0 Å². The van der Waals surface area contributed by atoms with E-state index in [0.29, 0.717) is 31.9 Å². The molecule has 2 heterocycles. The lowest BCUT2D eigenvalue weighted by Gasteiger charge is -2.38. The number of amides is 2. The van der Waals surface area contributed by atoms with E-state index in [1.54, 1.807) is 12.0 Å². The van der Waals surface area contributed by atoms with Crippen molar-refractivity contribution in [3.8, 4) is 5.75 Å². The zero-order chi connectivity index (χ0) is 23.5. The third kappa shape index (κ3) is 4.85. The van der Waals surface area contributed by atoms with E-state index in [4.69, 9.17) is 4.74 Å². The number of nitrogens with one attached hydrogen (secondary N) is 2. The van der Waals surface area contributed by atoms with E-state index in [9.17, 15) is 9.59 Å². The van der Waals surface area contributed by atoms with Crippen molar-refractivity contribution >= 4 is 22.7 Å². The van der Waals surface area contributed by atoms with Gasteiger partial charge in [-0.25, -0.2) is 0 Å². The average Bonchev–Trinajstić information content (AvgIpc) is 3.22. The van der Waals surface area contributed by atoms with Crippen molar-refractivity contribution in [2.24, 2.45) is 0 Å². The van der Waals surface area contributed by atoms with Crippen molar-refractivity contribution in [1.82, 2.24) is 25.3 Å². The van der Waals surface area contributed by atoms with Gasteiger partial charge >= 0.3 is 0 Å². The zero-order valence-corrected chi connectivity index (χ0v) is 19.6. The summed E-state index contributed by atoms with van der Waals surface area (Å²) in [6.45, 7) is 6.06. The lowest BCUT2D eigenvalue weighted by Crippen LogP contribution is -2.58. The number of hydrogen-bond donors (Lipinski definition) is 2. The lowest BCUT2D eigenvalue weighted by molar-refractivity contribution is -0.127. The summed E-state index contributed by atoms with van der Waals surface area (Å²) < 4.78 is 5.31. The van der Waals surface area contributed by atoms with Crippen LogP contribution in [0.4, 0.5) is 0 Å². The summed E-state index contributed by atoms with van der Waals surface area (Å²) in [5.41, 5.74) is 4.53. The number of piperazine rings is 1. The molecule has 0 bridgehead atoms. The van der Waals surface area contributed by atoms with Crippen molar-refractivity contribution in [3.63, 3.8) is 0 Å². The predicted molar refractivity (Wildman–Crippen MR) is 128 cm³/mol. The van der Waals surface area contributed by atoms with Crippen LogP contribution in [0, 0.1) is 13.8 Å². The predicted octanol–water partition coefficient (Wildman–Crippen LogP) is 2.30. The zero-order valence-electron chi connectivity index (χ0n) is 19.6. The Morgan fingerprint density at radius 1 is 1.18 bits per heavy atom. The van der Waals surface area contributed by atoms with Crippen LogP contribution >= 0.6 is 0 Å². The van der Waals surface area contributed by atoms with Crippen molar-refractivity contribution in [1.29, 1.82) is 0 Å². The van der Waals surface area contributed by atoms with E-state index in [-0.39, 0.29) is 11.8 Å². The summed E-state index contributed by atoms with van der Waals surface area (Å²) in [6.07, 6.45) is 0.730. The minimum absolute atomic E-state index is 0.0667. The third-order valence-corrected chi connectivity index (χ3v) is 6.33. The number of aromatic nitrogens is 2. The van der Waals surface area contributed by atoms with E-state index in [1.165, 1.54) is 0 Å². The number of carbonyl (C=O) groups excluding carboxylic acids is 2. The number of methoxy groups -OCH3 is 1. The van der Waals surface area contributed by atoms with Gasteiger partial charge in [-0.05, 0) is 56.6 Å². The van der Waals surface area contributed by atoms with Gasteiger partial charge in [0.2, 0.25) is 5.91 Å². The molecule has 4 rings (SSSR count). The highest BCUT2D eigenvalue weighted by Crippen LogP contribution is 2.21. The van der Waals surface area contributed by atoms with E-state index in [1.807, 2.05) is 56.1 Å². The van der Waals surface area contributed by atoms with Gasteiger partial charge in [-0.3, -0.25) is 19.6 Å². The number of aryl methyl sites for hydroxylation is 2. The molecule has 0 aliphatic carbocycles. The summed E-state index contributed by atoms with van der Waals surface area (Å²) in [6, 6.07) is 11.5. The largest absolute Gasteiger partial charge is 0.496 e. The maximum Gasteiger partial charge on any atom is 0.275 e. The molecule has 33 heavy (non-hydrogen) atoms. The molecule has 2 N–H and O–H groups in total. The Bertz CT molecular complexity index is 1170. The number of ether oxygens (including phenoxy) is 1. The number of fused-ring (bicyclic) bond motifs is 1. The molecule has 1 fully saturated rings. The third-order valence-electron chi connectivity index (χ3n) is 6.33. The fourth-order valence-electron chi connectivity index (χ4n) is 4.33. The molecular weight excluding hydrogens is 418 g/mol. The van der Waals surface area contributed by atoms with Gasteiger partial charge in [0.15, 0.2) is 5.69 Å². The second kappa shape index (κ2) is 9.62. The van der Waals surface area contributed by atoms with E-state index in [0.717, 1.165) is 39.8 Å². The number of benzene rings is 2. The molecule has 0 saturated carbocycles. The minimum atomic E-state index is -0.396. The van der Waals surface area contributed by atoms with Crippen LogP contribution in [-0.4, -0.2) is 78.2 Å². The highest BCUT2D eigenvalue weighted by Gasteiger charge is 2.33. The number of nitrogens with zero attached hydrogens (tertiary/aromatic N) is 3. The molecule has 1 aromatic heterocycles. The first-order valence-corrected chi connectivity index (χ1v) is 11.2. The maximum absolute atomic E-state index is 13.2. The standard InChI is InChI=1S/C25H31N5O3/c1-16-5-7-20-19(13-16)23(28-27-20)25(32)30-12-11-29(3)21(15-30)24(31)26-10-9-18-6-8-22(33-4)17(2)14-18/h5-8,13-14,21H,9-12,15H2,1-4H3,(H,26,31)(H,27,28)/t21-/m1/s1. The normalized spacial score (nSPS) is 16.7. The van der Waals surface area contributed by atoms with Gasteiger partial charge in [0, 0.05) is 31.6 Å². The Hall–Kier alpha value is -3.39. The first-order valence-electron chi connectivity index (χ1n) is 11.2. The summed E-state index contributed by atoms with van der Waals surface area (Å²) >= 11 is 0. The number of H-pyrrole nitrogens is 1. The Kier molecular flexibility index (Phi) is 6.65. The molecule has 1 atom stereocenters. The molecule has 1 saturated heterocycles. The topological polar surface area (TPSA) is 90.6 Å². The molecule has 2 amide bonds. The summed E-state index contributed by atoms with van der Waals surface area (Å²) in [5, 5.41) is 11.1. The summed E-state index contributed by atoms with van der Waals surface area (Å²) in [7, 11) is 3.58. The van der Waals surface area contributed by atoms with Crippen molar-refractivity contribution in [3.05, 3.63) is 58.8 Å². The van der Waals surface area contributed by atoms with Gasteiger partial charge in [-0.2, -0.15) is 5.10 Å². The first-order chi connectivity index (χ1) is 15.9. The Morgan fingerprint density at radius 2 is 2.00 bits per heavy atom. The van der Waals surface area contributed by atoms with Gasteiger partial charge in [0.05, 0.1) is 12.6 Å². The number of aromatic amines is 1. The van der Waals surface area contributed by atoms with Crippen LogP contribution in [0.1, 0.15) is 27.2 Å². The van der Waals surface area contributed by atoms with Crippen LogP contribution < -0.4 is 10.1 Å². The van der Waals surface area contributed by atoms with Gasteiger partial charge < -0.3 is 15.0 Å². The Morgan fingerprint density at radius 3 is 2.76 bits per heavy atom. The van der Waals surface area contributed by atoms with Gasteiger partial charge in [-0.1, -0.05) is 23.8 Å². The Balaban J connectivity index is 1.38. The number of carbonyl (C=O) groups is 2. The molecule has 1 aliphatic heterocycles. The number of likely N-dealkylation sites (N-methyl/N-ethyl adjacent to an activating group) is 1. The molecule has 174 valence electrons. The van der Waals surface area contributed by atoms with E-state index >= 15 is 0 Å². The lowest BCUT2D eigenvalue weighted by atomic mass is 10.1. The number of hydrogen-bond acceptors (Lipinski definition) is 5. The van der Waals surface area contributed by atoms with Crippen LogP contribution in [0.25, 0.3) is 10.9 Å². The van der Waals surface area contributed by atoms with Gasteiger partial charge in [-0.15, -0.1) is 0 Å². The molecule has 0 spiro atoms. The molecule has 1 aliphatic rings. The first kappa shape index (κ1) is 22.8. The molecule has 3 aromatic rings. The molecule has 2 aromatic carbocycles. The molecule has 0 unspecified atom stereocenters. The molecular formula is C25H31N5O3. The monoisotopic (exact) mass is 449 g/mol. The highest BCUT2D eigenvalue weighted by molar-refractivity contribution is 6.05. The fraction of sp³-hybridized carbons (Fsp3) is 0.400. The number of rotatable bonds is 6. The second-order valence-corrected chi connectivity index (χ2v) is 8.71. The van der Waals surface area contributed by atoms with E-state index < -0.39 is 6.04 Å². The van der Waals surface area contributed by atoms with Crippen LogP contribution in [0.3, 0.4) is 0 Å². The summed E-state index contributed by atoms with van der Waals surface area (Å²) in [5.74, 6) is 0.644. The average molecular weight is 450 g/mol. The van der Waals surface area contributed by atoms with E-state index in [2.05, 4.69) is 21.6 Å². The summed E-state index contributed by atoms with van der Waals surface area (Å²) in [4.78, 5) is 29.9. The van der Waals surface area contributed by atoms with Gasteiger partial charge in [0.25, 0.3) is 5.91 Å². The molecule has 0 radical (unpaired) electrons. The smallest absolute Gasteiger partial charge is 0.275 e. The fourth-order valence-corrected chi connectivity index (χ4v) is 4.33. The molecule has 8 nitrogen and oxygen atoms in total. The minimum Gasteiger partial charge on any atom is -0.496 e. The van der Waals surface area contributed by atoms with Crippen molar-refractivity contribution < 1.29 is 14.3 Å². The van der Waals surface area contributed by atoms with Crippen LogP contribution in [0.15, 0.2) is 36.4 Å². The van der Waals surface area contributed by atoms with Gasteiger partial charge in [0.1, 0.15) is 11.8 Å². The van der Waals surface area contributed by atoms with Crippen molar-refractivity contribution in [2.75, 3.05) is 40.3 Å². The van der Waals surface area contributed by atoms with Crippen LogP contribution in [-0.2, 0) is 11.2 Å². The van der Waals surface area contributed by atoms with Crippen molar-refractivity contribution in [2.45, 2.75) is 26.3 Å². The highest BCUT2D eigenvalue weighted by atomic mass is 16.5. The Labute approximate surface area is 193 Å². The maximum atomic E-state index is 13.2.